The van der Waals surface area contributed by atoms with Crippen molar-refractivity contribution in [2.24, 2.45) is 0 Å². The summed E-state index contributed by atoms with van der Waals surface area (Å²) in [7, 11) is 0. The number of benzene rings is 2. The molecular formula is C22H24N2O3. The quantitative estimate of drug-likeness (QED) is 0.805. The topological polar surface area (TPSA) is 58.6 Å². The van der Waals surface area contributed by atoms with Crippen molar-refractivity contribution in [3.63, 3.8) is 0 Å². The highest BCUT2D eigenvalue weighted by molar-refractivity contribution is 6.07. The SMILES string of the molecule is O=C1NC2(CCCCCC2)C(=O)N1Cc1ccccc1Oc1ccccc1. The van der Waals surface area contributed by atoms with Gasteiger partial charge in [0, 0.05) is 5.56 Å². The Bertz CT molecular complexity index is 826. The number of nitrogens with zero attached hydrogens (tertiary/aromatic N) is 1. The number of ether oxygens (including phenoxy) is 1. The van der Waals surface area contributed by atoms with E-state index in [1.54, 1.807) is 0 Å². The third-order valence-electron chi connectivity index (χ3n) is 5.48. The molecule has 1 N–H and O–H groups in total. The molecular weight excluding hydrogens is 340 g/mol. The summed E-state index contributed by atoms with van der Waals surface area (Å²) in [6.07, 6.45) is 5.67. The van der Waals surface area contributed by atoms with Crippen molar-refractivity contribution >= 4 is 11.9 Å². The second kappa shape index (κ2) is 7.43. The predicted octanol–water partition coefficient (Wildman–Crippen LogP) is 4.62. The first-order valence-electron chi connectivity index (χ1n) is 9.63. The summed E-state index contributed by atoms with van der Waals surface area (Å²) >= 11 is 0. The third-order valence-corrected chi connectivity index (χ3v) is 5.48. The summed E-state index contributed by atoms with van der Waals surface area (Å²) in [5.74, 6) is 1.29. The van der Waals surface area contributed by atoms with Gasteiger partial charge in [0.15, 0.2) is 0 Å². The highest BCUT2D eigenvalue weighted by atomic mass is 16.5. The lowest BCUT2D eigenvalue weighted by Crippen LogP contribution is -2.46. The van der Waals surface area contributed by atoms with Gasteiger partial charge in [-0.3, -0.25) is 9.69 Å². The van der Waals surface area contributed by atoms with Crippen molar-refractivity contribution in [2.75, 3.05) is 0 Å². The number of rotatable bonds is 4. The fraction of sp³-hybridized carbons (Fsp3) is 0.364. The number of carbonyl (C=O) groups is 2. The minimum atomic E-state index is -0.706. The number of imide groups is 1. The summed E-state index contributed by atoms with van der Waals surface area (Å²) in [6.45, 7) is 0.218. The van der Waals surface area contributed by atoms with E-state index in [0.29, 0.717) is 5.75 Å². The molecule has 2 aromatic rings. The summed E-state index contributed by atoms with van der Waals surface area (Å²) in [6, 6.07) is 16.8. The van der Waals surface area contributed by atoms with Gasteiger partial charge in [-0.05, 0) is 31.0 Å². The van der Waals surface area contributed by atoms with Crippen LogP contribution in [0.3, 0.4) is 0 Å². The molecule has 3 amide bonds. The minimum Gasteiger partial charge on any atom is -0.457 e. The molecule has 0 bridgehead atoms. The lowest BCUT2D eigenvalue weighted by Gasteiger charge is -2.24. The highest BCUT2D eigenvalue weighted by Crippen LogP contribution is 2.34. The van der Waals surface area contributed by atoms with E-state index in [1.165, 1.54) is 4.90 Å². The lowest BCUT2D eigenvalue weighted by molar-refractivity contribution is -0.132. The van der Waals surface area contributed by atoms with Gasteiger partial charge in [0.2, 0.25) is 0 Å². The maximum Gasteiger partial charge on any atom is 0.325 e. The Kier molecular flexibility index (Phi) is 4.84. The third kappa shape index (κ3) is 3.54. The summed E-state index contributed by atoms with van der Waals surface area (Å²) in [4.78, 5) is 27.1. The van der Waals surface area contributed by atoms with Crippen LogP contribution in [0.2, 0.25) is 0 Å². The van der Waals surface area contributed by atoms with Gasteiger partial charge in [-0.15, -0.1) is 0 Å². The van der Waals surface area contributed by atoms with Crippen LogP contribution >= 0.6 is 0 Å². The molecule has 1 saturated carbocycles. The van der Waals surface area contributed by atoms with Crippen LogP contribution in [0.15, 0.2) is 54.6 Å². The van der Waals surface area contributed by atoms with Crippen LogP contribution in [-0.2, 0) is 11.3 Å². The molecule has 140 valence electrons. The van der Waals surface area contributed by atoms with Crippen molar-refractivity contribution in [3.8, 4) is 11.5 Å². The number of amides is 3. The molecule has 4 rings (SSSR count). The number of nitrogens with one attached hydrogen (secondary N) is 1. The zero-order valence-electron chi connectivity index (χ0n) is 15.3. The summed E-state index contributed by atoms with van der Waals surface area (Å²) in [5, 5.41) is 3.00. The minimum absolute atomic E-state index is 0.0936. The Morgan fingerprint density at radius 1 is 0.889 bits per heavy atom. The Morgan fingerprint density at radius 3 is 2.30 bits per heavy atom. The maximum absolute atomic E-state index is 13.1. The zero-order chi connectivity index (χ0) is 18.7. The van der Waals surface area contributed by atoms with Gasteiger partial charge in [-0.25, -0.2) is 4.79 Å². The molecule has 2 fully saturated rings. The molecule has 1 aliphatic heterocycles. The first-order valence-corrected chi connectivity index (χ1v) is 9.63. The van der Waals surface area contributed by atoms with Crippen molar-refractivity contribution in [3.05, 3.63) is 60.2 Å². The van der Waals surface area contributed by atoms with Gasteiger partial charge in [0.1, 0.15) is 17.0 Å². The molecule has 5 heteroatoms. The van der Waals surface area contributed by atoms with Crippen LogP contribution < -0.4 is 10.1 Å². The second-order valence-corrected chi connectivity index (χ2v) is 7.34. The van der Waals surface area contributed by atoms with Gasteiger partial charge in [-0.2, -0.15) is 0 Å². The number of hydrogen-bond donors (Lipinski definition) is 1. The molecule has 0 unspecified atom stereocenters. The van der Waals surface area contributed by atoms with E-state index in [0.717, 1.165) is 49.8 Å². The molecule has 2 aliphatic rings. The van der Waals surface area contributed by atoms with Crippen LogP contribution in [0.5, 0.6) is 11.5 Å². The average Bonchev–Trinajstić information content (AvgIpc) is 2.85. The molecule has 0 radical (unpaired) electrons. The Labute approximate surface area is 159 Å². The van der Waals surface area contributed by atoms with E-state index < -0.39 is 5.54 Å². The highest BCUT2D eigenvalue weighted by Gasteiger charge is 2.50. The number of urea groups is 1. The fourth-order valence-electron chi connectivity index (χ4n) is 4.01. The van der Waals surface area contributed by atoms with Crippen molar-refractivity contribution in [1.29, 1.82) is 0 Å². The Hall–Kier alpha value is -2.82. The second-order valence-electron chi connectivity index (χ2n) is 7.34. The van der Waals surface area contributed by atoms with Gasteiger partial charge in [0.25, 0.3) is 5.91 Å². The molecule has 27 heavy (non-hydrogen) atoms. The number of para-hydroxylation sites is 2. The number of carbonyl (C=O) groups excluding carboxylic acids is 2. The molecule has 1 heterocycles. The monoisotopic (exact) mass is 364 g/mol. The summed E-state index contributed by atoms with van der Waals surface area (Å²) < 4.78 is 5.98. The van der Waals surface area contributed by atoms with Gasteiger partial charge >= 0.3 is 6.03 Å². The van der Waals surface area contributed by atoms with E-state index in [4.69, 9.17) is 4.74 Å². The van der Waals surface area contributed by atoms with Crippen molar-refractivity contribution in [1.82, 2.24) is 10.2 Å². The lowest BCUT2D eigenvalue weighted by atomic mass is 9.90. The Morgan fingerprint density at radius 2 is 1.56 bits per heavy atom. The van der Waals surface area contributed by atoms with Crippen LogP contribution in [0, 0.1) is 0 Å². The maximum atomic E-state index is 13.1. The van der Waals surface area contributed by atoms with Crippen LogP contribution in [0.1, 0.15) is 44.1 Å². The van der Waals surface area contributed by atoms with Crippen molar-refractivity contribution in [2.45, 2.75) is 50.6 Å². The van der Waals surface area contributed by atoms with Crippen LogP contribution in [-0.4, -0.2) is 22.4 Å². The average molecular weight is 364 g/mol. The molecule has 1 saturated heterocycles. The van der Waals surface area contributed by atoms with E-state index in [-0.39, 0.29) is 18.5 Å². The van der Waals surface area contributed by atoms with Gasteiger partial charge < -0.3 is 10.1 Å². The van der Waals surface area contributed by atoms with E-state index in [9.17, 15) is 9.59 Å². The largest absolute Gasteiger partial charge is 0.457 e. The molecule has 1 spiro atoms. The number of hydrogen-bond acceptors (Lipinski definition) is 3. The first kappa shape index (κ1) is 17.6. The molecule has 0 aromatic heterocycles. The first-order chi connectivity index (χ1) is 13.2. The molecule has 2 aromatic carbocycles. The molecule has 0 atom stereocenters. The van der Waals surface area contributed by atoms with Crippen molar-refractivity contribution < 1.29 is 14.3 Å². The van der Waals surface area contributed by atoms with Gasteiger partial charge in [-0.1, -0.05) is 62.1 Å². The normalized spacial score (nSPS) is 19.0. The zero-order valence-corrected chi connectivity index (χ0v) is 15.3. The standard InChI is InChI=1S/C22H24N2O3/c25-20-22(14-8-1-2-9-15-22)23-21(26)24(20)16-17-10-6-7-13-19(17)27-18-11-4-3-5-12-18/h3-7,10-13H,1-2,8-9,14-16H2,(H,23,26). The van der Waals surface area contributed by atoms with Gasteiger partial charge in [0.05, 0.1) is 6.54 Å². The van der Waals surface area contributed by atoms with E-state index in [2.05, 4.69) is 5.32 Å². The molecule has 1 aliphatic carbocycles. The van der Waals surface area contributed by atoms with Crippen LogP contribution in [0.25, 0.3) is 0 Å². The predicted molar refractivity (Wildman–Crippen MR) is 102 cm³/mol. The van der Waals surface area contributed by atoms with Crippen LogP contribution in [0.4, 0.5) is 4.79 Å². The van der Waals surface area contributed by atoms with E-state index in [1.807, 2.05) is 54.6 Å². The Balaban J connectivity index is 1.55. The molecule has 5 nitrogen and oxygen atoms in total. The fourth-order valence-corrected chi connectivity index (χ4v) is 4.01. The van der Waals surface area contributed by atoms with E-state index >= 15 is 0 Å². The summed E-state index contributed by atoms with van der Waals surface area (Å²) in [5.41, 5.74) is 0.110. The smallest absolute Gasteiger partial charge is 0.325 e.